The first kappa shape index (κ1) is 15.9. The van der Waals surface area contributed by atoms with E-state index in [4.69, 9.17) is 5.73 Å². The molecule has 0 radical (unpaired) electrons. The molecule has 0 heterocycles. The zero-order chi connectivity index (χ0) is 15.6. The molecule has 4 nitrogen and oxygen atoms in total. The van der Waals surface area contributed by atoms with Crippen molar-refractivity contribution in [2.75, 3.05) is 5.73 Å². The summed E-state index contributed by atoms with van der Waals surface area (Å²) in [4.78, 5) is 0.0618. The zero-order valence-electron chi connectivity index (χ0n) is 11.2. The number of nitrogens with two attached hydrogens (primary N) is 1. The number of hydrogen-bond donors (Lipinski definition) is 2. The molecular formula is C14H14BrFN2O2S. The molecule has 0 amide bonds. The van der Waals surface area contributed by atoms with Gasteiger partial charge in [0.2, 0.25) is 10.0 Å². The fourth-order valence-electron chi connectivity index (χ4n) is 1.87. The van der Waals surface area contributed by atoms with E-state index in [1.807, 2.05) is 0 Å². The molecule has 7 heteroatoms. The SMILES string of the molecule is CC(NS(=O)(=O)c1ccc(N)c(Br)c1)c1ccccc1F. The smallest absolute Gasteiger partial charge is 0.241 e. The van der Waals surface area contributed by atoms with Gasteiger partial charge in [0, 0.05) is 21.8 Å². The van der Waals surface area contributed by atoms with E-state index in [1.54, 1.807) is 25.1 Å². The Hall–Kier alpha value is -1.44. The fraction of sp³-hybridized carbons (Fsp3) is 0.143. The molecule has 0 spiro atoms. The van der Waals surface area contributed by atoms with Crippen molar-refractivity contribution in [3.8, 4) is 0 Å². The van der Waals surface area contributed by atoms with Crippen LogP contribution in [-0.4, -0.2) is 8.42 Å². The van der Waals surface area contributed by atoms with Gasteiger partial charge in [-0.05, 0) is 47.1 Å². The molecule has 0 fully saturated rings. The van der Waals surface area contributed by atoms with E-state index in [0.717, 1.165) is 0 Å². The summed E-state index contributed by atoms with van der Waals surface area (Å²) < 4.78 is 41.2. The van der Waals surface area contributed by atoms with Gasteiger partial charge in [-0.3, -0.25) is 0 Å². The van der Waals surface area contributed by atoms with Crippen LogP contribution in [0.15, 0.2) is 51.8 Å². The minimum absolute atomic E-state index is 0.0618. The highest BCUT2D eigenvalue weighted by Crippen LogP contribution is 2.24. The van der Waals surface area contributed by atoms with Crippen molar-refractivity contribution in [2.45, 2.75) is 17.9 Å². The topological polar surface area (TPSA) is 72.2 Å². The van der Waals surface area contributed by atoms with Crippen molar-refractivity contribution in [3.05, 3.63) is 58.3 Å². The maximum Gasteiger partial charge on any atom is 0.241 e. The third-order valence-corrected chi connectivity index (χ3v) is 5.21. The number of nitrogens with one attached hydrogen (secondary N) is 1. The highest BCUT2D eigenvalue weighted by Gasteiger charge is 2.20. The number of nitrogen functional groups attached to an aromatic ring is 1. The van der Waals surface area contributed by atoms with Crippen LogP contribution in [0.25, 0.3) is 0 Å². The van der Waals surface area contributed by atoms with Crippen molar-refractivity contribution in [3.63, 3.8) is 0 Å². The summed E-state index contributed by atoms with van der Waals surface area (Å²) in [5.41, 5.74) is 6.36. The third kappa shape index (κ3) is 3.61. The molecule has 2 rings (SSSR count). The van der Waals surface area contributed by atoms with Gasteiger partial charge in [0.15, 0.2) is 0 Å². The minimum Gasteiger partial charge on any atom is -0.398 e. The second kappa shape index (κ2) is 6.13. The van der Waals surface area contributed by atoms with Crippen LogP contribution in [0.1, 0.15) is 18.5 Å². The van der Waals surface area contributed by atoms with Crippen molar-refractivity contribution >= 4 is 31.6 Å². The normalized spacial score (nSPS) is 13.1. The Bertz CT molecular complexity index is 765. The molecule has 112 valence electrons. The van der Waals surface area contributed by atoms with Gasteiger partial charge >= 0.3 is 0 Å². The Labute approximate surface area is 131 Å². The first-order valence-electron chi connectivity index (χ1n) is 6.13. The molecule has 0 aliphatic carbocycles. The predicted molar refractivity (Wildman–Crippen MR) is 83.7 cm³/mol. The van der Waals surface area contributed by atoms with Gasteiger partial charge in [0.1, 0.15) is 5.82 Å². The van der Waals surface area contributed by atoms with Crippen LogP contribution in [0.5, 0.6) is 0 Å². The fourth-order valence-corrected chi connectivity index (χ4v) is 3.64. The van der Waals surface area contributed by atoms with E-state index in [2.05, 4.69) is 20.7 Å². The summed E-state index contributed by atoms with van der Waals surface area (Å²) in [5, 5.41) is 0. The first-order valence-corrected chi connectivity index (χ1v) is 8.40. The maximum absolute atomic E-state index is 13.7. The zero-order valence-corrected chi connectivity index (χ0v) is 13.6. The molecule has 0 saturated carbocycles. The van der Waals surface area contributed by atoms with Gasteiger partial charge in [0.05, 0.1) is 4.90 Å². The lowest BCUT2D eigenvalue weighted by Crippen LogP contribution is -2.27. The minimum atomic E-state index is -3.77. The summed E-state index contributed by atoms with van der Waals surface area (Å²) >= 11 is 3.18. The molecule has 0 aliphatic heterocycles. The highest BCUT2D eigenvalue weighted by atomic mass is 79.9. The van der Waals surface area contributed by atoms with Crippen LogP contribution in [0, 0.1) is 5.82 Å². The lowest BCUT2D eigenvalue weighted by atomic mass is 10.1. The summed E-state index contributed by atoms with van der Waals surface area (Å²) in [6.45, 7) is 1.59. The standard InChI is InChI=1S/C14H14BrFN2O2S/c1-9(11-4-2-3-5-13(11)16)18-21(19,20)10-6-7-14(17)12(15)8-10/h2-9,18H,17H2,1H3. The summed E-state index contributed by atoms with van der Waals surface area (Å²) in [6, 6.07) is 9.66. The first-order chi connectivity index (χ1) is 9.81. The molecule has 1 atom stereocenters. The molecule has 21 heavy (non-hydrogen) atoms. The number of hydrogen-bond acceptors (Lipinski definition) is 3. The predicted octanol–water partition coefficient (Wildman–Crippen LogP) is 3.21. The Morgan fingerprint density at radius 3 is 2.52 bits per heavy atom. The number of rotatable bonds is 4. The highest BCUT2D eigenvalue weighted by molar-refractivity contribution is 9.10. The second-order valence-electron chi connectivity index (χ2n) is 4.55. The van der Waals surface area contributed by atoms with Crippen LogP contribution in [0.2, 0.25) is 0 Å². The van der Waals surface area contributed by atoms with Gasteiger partial charge in [-0.15, -0.1) is 0 Å². The number of anilines is 1. The second-order valence-corrected chi connectivity index (χ2v) is 7.12. The molecule has 0 bridgehead atoms. The van der Waals surface area contributed by atoms with Crippen molar-refractivity contribution in [1.29, 1.82) is 0 Å². The molecule has 2 aromatic rings. The summed E-state index contributed by atoms with van der Waals surface area (Å²) in [6.07, 6.45) is 0. The lowest BCUT2D eigenvalue weighted by molar-refractivity contribution is 0.550. The molecule has 0 aliphatic rings. The maximum atomic E-state index is 13.7. The Morgan fingerprint density at radius 2 is 1.90 bits per heavy atom. The van der Waals surface area contributed by atoms with Crippen LogP contribution >= 0.6 is 15.9 Å². The van der Waals surface area contributed by atoms with Crippen LogP contribution in [0.4, 0.5) is 10.1 Å². The average molecular weight is 373 g/mol. The van der Waals surface area contributed by atoms with E-state index in [-0.39, 0.29) is 10.5 Å². The van der Waals surface area contributed by atoms with Gasteiger partial charge in [-0.1, -0.05) is 18.2 Å². The van der Waals surface area contributed by atoms with Crippen LogP contribution < -0.4 is 10.5 Å². The van der Waals surface area contributed by atoms with E-state index >= 15 is 0 Å². The van der Waals surface area contributed by atoms with Gasteiger partial charge in [-0.25, -0.2) is 17.5 Å². The van der Waals surface area contributed by atoms with Gasteiger partial charge in [0.25, 0.3) is 0 Å². The Balaban J connectivity index is 2.29. The van der Waals surface area contributed by atoms with Crippen molar-refractivity contribution in [2.24, 2.45) is 0 Å². The van der Waals surface area contributed by atoms with E-state index in [0.29, 0.717) is 10.2 Å². The van der Waals surface area contributed by atoms with Crippen LogP contribution in [-0.2, 0) is 10.0 Å². The van der Waals surface area contributed by atoms with E-state index < -0.39 is 21.9 Å². The van der Waals surface area contributed by atoms with Gasteiger partial charge < -0.3 is 5.73 Å². The Morgan fingerprint density at radius 1 is 1.24 bits per heavy atom. The molecule has 3 N–H and O–H groups in total. The quantitative estimate of drug-likeness (QED) is 0.809. The number of sulfonamides is 1. The van der Waals surface area contributed by atoms with Gasteiger partial charge in [-0.2, -0.15) is 0 Å². The number of benzene rings is 2. The van der Waals surface area contributed by atoms with E-state index in [1.165, 1.54) is 24.3 Å². The average Bonchev–Trinajstić information content (AvgIpc) is 2.41. The third-order valence-electron chi connectivity index (χ3n) is 2.99. The molecule has 0 saturated heterocycles. The molecular weight excluding hydrogens is 359 g/mol. The Kier molecular flexibility index (Phi) is 4.65. The summed E-state index contributed by atoms with van der Waals surface area (Å²) in [5.74, 6) is -0.453. The number of halogens is 2. The molecule has 2 aromatic carbocycles. The molecule has 1 unspecified atom stereocenters. The summed E-state index contributed by atoms with van der Waals surface area (Å²) in [7, 11) is -3.77. The van der Waals surface area contributed by atoms with E-state index in [9.17, 15) is 12.8 Å². The van der Waals surface area contributed by atoms with Crippen LogP contribution in [0.3, 0.4) is 0 Å². The van der Waals surface area contributed by atoms with Crippen molar-refractivity contribution in [1.82, 2.24) is 4.72 Å². The lowest BCUT2D eigenvalue weighted by Gasteiger charge is -2.15. The van der Waals surface area contributed by atoms with Crippen molar-refractivity contribution < 1.29 is 12.8 Å². The largest absolute Gasteiger partial charge is 0.398 e. The monoisotopic (exact) mass is 372 g/mol. The molecule has 0 aromatic heterocycles.